The number of rotatable bonds is 3. The SMILES string of the molecule is CC(C(=O)N1CCN(c2cccc(C(F)(F)F)c2)CC1)C1CNC1.Cl.Cl. The predicted molar refractivity (Wildman–Crippen MR) is 100 cm³/mol. The maximum Gasteiger partial charge on any atom is 0.416 e. The van der Waals surface area contributed by atoms with Crippen molar-refractivity contribution in [3.63, 3.8) is 0 Å². The van der Waals surface area contributed by atoms with Gasteiger partial charge in [0.1, 0.15) is 0 Å². The van der Waals surface area contributed by atoms with Crippen LogP contribution in [0.4, 0.5) is 18.9 Å². The molecule has 2 saturated heterocycles. The van der Waals surface area contributed by atoms with Crippen LogP contribution in [-0.4, -0.2) is 50.1 Å². The quantitative estimate of drug-likeness (QED) is 0.826. The molecule has 2 heterocycles. The largest absolute Gasteiger partial charge is 0.416 e. The van der Waals surface area contributed by atoms with Gasteiger partial charge in [0.2, 0.25) is 5.91 Å². The highest BCUT2D eigenvalue weighted by atomic mass is 35.5. The minimum Gasteiger partial charge on any atom is -0.368 e. The Labute approximate surface area is 163 Å². The van der Waals surface area contributed by atoms with E-state index in [9.17, 15) is 18.0 Å². The van der Waals surface area contributed by atoms with Gasteiger partial charge in [-0.1, -0.05) is 13.0 Å². The van der Waals surface area contributed by atoms with E-state index in [1.807, 2.05) is 16.7 Å². The summed E-state index contributed by atoms with van der Waals surface area (Å²) in [4.78, 5) is 16.2. The molecule has 0 spiro atoms. The molecular weight excluding hydrogens is 390 g/mol. The van der Waals surface area contributed by atoms with E-state index < -0.39 is 11.7 Å². The standard InChI is InChI=1S/C17H22F3N3O.2ClH/c1-12(13-10-21-11-13)16(24)23-7-5-22(6-8-23)15-4-2-3-14(9-15)17(18,19)20;;/h2-4,9,12-13,21H,5-8,10-11H2,1H3;2*1H. The molecule has 1 atom stereocenters. The second kappa shape index (κ2) is 9.15. The molecule has 26 heavy (non-hydrogen) atoms. The van der Waals surface area contributed by atoms with E-state index in [2.05, 4.69) is 5.32 Å². The summed E-state index contributed by atoms with van der Waals surface area (Å²) < 4.78 is 38.5. The first-order valence-corrected chi connectivity index (χ1v) is 8.28. The molecule has 9 heteroatoms. The van der Waals surface area contributed by atoms with Gasteiger partial charge >= 0.3 is 6.18 Å². The number of hydrogen-bond donors (Lipinski definition) is 1. The first-order chi connectivity index (χ1) is 11.4. The molecule has 1 N–H and O–H groups in total. The van der Waals surface area contributed by atoms with Crippen LogP contribution in [0.2, 0.25) is 0 Å². The zero-order valence-electron chi connectivity index (χ0n) is 14.5. The van der Waals surface area contributed by atoms with Crippen LogP contribution in [0.25, 0.3) is 0 Å². The molecule has 4 nitrogen and oxygen atoms in total. The zero-order valence-corrected chi connectivity index (χ0v) is 16.1. The maximum absolute atomic E-state index is 12.8. The molecule has 1 aromatic rings. The fourth-order valence-corrected chi connectivity index (χ4v) is 3.22. The van der Waals surface area contributed by atoms with Crippen molar-refractivity contribution < 1.29 is 18.0 Å². The number of nitrogens with one attached hydrogen (secondary N) is 1. The van der Waals surface area contributed by atoms with Crippen LogP contribution in [0.3, 0.4) is 0 Å². The number of carbonyl (C=O) groups is 1. The first-order valence-electron chi connectivity index (χ1n) is 8.28. The van der Waals surface area contributed by atoms with Crippen LogP contribution in [0.5, 0.6) is 0 Å². The summed E-state index contributed by atoms with van der Waals surface area (Å²) in [5.74, 6) is 0.565. The molecule has 0 aliphatic carbocycles. The smallest absolute Gasteiger partial charge is 0.368 e. The lowest BCUT2D eigenvalue weighted by Gasteiger charge is -2.40. The van der Waals surface area contributed by atoms with Crippen molar-refractivity contribution in [3.8, 4) is 0 Å². The van der Waals surface area contributed by atoms with Gasteiger partial charge < -0.3 is 15.1 Å². The predicted octanol–water partition coefficient (Wildman–Crippen LogP) is 3.05. The summed E-state index contributed by atoms with van der Waals surface area (Å²) in [6.07, 6.45) is -4.33. The van der Waals surface area contributed by atoms with E-state index in [0.29, 0.717) is 37.8 Å². The van der Waals surface area contributed by atoms with Crippen molar-refractivity contribution in [1.82, 2.24) is 10.2 Å². The average molecular weight is 414 g/mol. The minimum atomic E-state index is -4.33. The van der Waals surface area contributed by atoms with Crippen LogP contribution in [0.1, 0.15) is 12.5 Å². The molecule has 1 unspecified atom stereocenters. The van der Waals surface area contributed by atoms with Gasteiger partial charge in [-0.3, -0.25) is 4.79 Å². The molecule has 2 fully saturated rings. The number of benzene rings is 1. The Morgan fingerprint density at radius 3 is 2.27 bits per heavy atom. The highest BCUT2D eigenvalue weighted by Crippen LogP contribution is 2.32. The average Bonchev–Trinajstić information content (AvgIpc) is 2.52. The van der Waals surface area contributed by atoms with Crippen molar-refractivity contribution in [1.29, 1.82) is 0 Å². The Hall–Kier alpha value is -1.18. The Morgan fingerprint density at radius 2 is 1.77 bits per heavy atom. The highest BCUT2D eigenvalue weighted by Gasteiger charge is 2.34. The number of alkyl halides is 3. The Kier molecular flexibility index (Phi) is 8.04. The van der Waals surface area contributed by atoms with Crippen LogP contribution in [-0.2, 0) is 11.0 Å². The molecule has 1 aromatic carbocycles. The van der Waals surface area contributed by atoms with Gasteiger partial charge in [0.05, 0.1) is 5.56 Å². The van der Waals surface area contributed by atoms with Gasteiger partial charge in [0, 0.05) is 37.8 Å². The summed E-state index contributed by atoms with van der Waals surface area (Å²) in [7, 11) is 0. The van der Waals surface area contributed by atoms with Crippen LogP contribution < -0.4 is 10.2 Å². The lowest BCUT2D eigenvalue weighted by molar-refractivity contribution is -0.138. The molecular formula is C17H24Cl2F3N3O. The normalized spacial score (nSPS) is 19.1. The summed E-state index contributed by atoms with van der Waals surface area (Å²) in [5, 5.41) is 3.18. The van der Waals surface area contributed by atoms with Gasteiger partial charge in [-0.25, -0.2) is 0 Å². The third-order valence-corrected chi connectivity index (χ3v) is 5.04. The van der Waals surface area contributed by atoms with E-state index in [1.165, 1.54) is 12.1 Å². The summed E-state index contributed by atoms with van der Waals surface area (Å²) >= 11 is 0. The number of amides is 1. The van der Waals surface area contributed by atoms with Crippen molar-refractivity contribution in [2.75, 3.05) is 44.2 Å². The third-order valence-electron chi connectivity index (χ3n) is 5.04. The lowest BCUT2D eigenvalue weighted by Crippen LogP contribution is -2.54. The Bertz CT molecular complexity index is 603. The summed E-state index contributed by atoms with van der Waals surface area (Å²) in [6.45, 7) is 5.96. The van der Waals surface area contributed by atoms with Crippen LogP contribution in [0, 0.1) is 11.8 Å². The van der Waals surface area contributed by atoms with Crippen LogP contribution >= 0.6 is 24.8 Å². The van der Waals surface area contributed by atoms with E-state index in [1.54, 1.807) is 6.07 Å². The fraction of sp³-hybridized carbons (Fsp3) is 0.588. The molecule has 0 radical (unpaired) electrons. The molecule has 0 bridgehead atoms. The number of anilines is 1. The van der Waals surface area contributed by atoms with E-state index in [4.69, 9.17) is 0 Å². The monoisotopic (exact) mass is 413 g/mol. The van der Waals surface area contributed by atoms with Gasteiger partial charge in [0.15, 0.2) is 0 Å². The van der Waals surface area contributed by atoms with Crippen LogP contribution in [0.15, 0.2) is 24.3 Å². The number of carbonyl (C=O) groups excluding carboxylic acids is 1. The van der Waals surface area contributed by atoms with Gasteiger partial charge in [-0.05, 0) is 37.2 Å². The second-order valence-electron chi connectivity index (χ2n) is 6.57. The molecule has 0 saturated carbocycles. The van der Waals surface area contributed by atoms with Crippen molar-refractivity contribution >= 4 is 36.4 Å². The van der Waals surface area contributed by atoms with Gasteiger partial charge in [0.25, 0.3) is 0 Å². The highest BCUT2D eigenvalue weighted by molar-refractivity contribution is 5.85. The fourth-order valence-electron chi connectivity index (χ4n) is 3.22. The Balaban J connectivity index is 0.00000169. The van der Waals surface area contributed by atoms with E-state index in [0.717, 1.165) is 19.2 Å². The van der Waals surface area contributed by atoms with Gasteiger partial charge in [-0.15, -0.1) is 24.8 Å². The minimum absolute atomic E-state index is 0. The zero-order chi connectivity index (χ0) is 17.3. The number of piperazine rings is 1. The van der Waals surface area contributed by atoms with Crippen molar-refractivity contribution in [3.05, 3.63) is 29.8 Å². The molecule has 2 aliphatic rings. The Morgan fingerprint density at radius 1 is 1.15 bits per heavy atom. The van der Waals surface area contributed by atoms with Gasteiger partial charge in [-0.2, -0.15) is 13.2 Å². The summed E-state index contributed by atoms with van der Waals surface area (Å²) in [5.41, 5.74) is -0.0715. The molecule has 1 amide bonds. The molecule has 148 valence electrons. The summed E-state index contributed by atoms with van der Waals surface area (Å²) in [6, 6.07) is 5.38. The molecule has 2 aliphatic heterocycles. The molecule has 0 aromatic heterocycles. The topological polar surface area (TPSA) is 35.6 Å². The van der Waals surface area contributed by atoms with E-state index >= 15 is 0 Å². The van der Waals surface area contributed by atoms with E-state index in [-0.39, 0.29) is 36.6 Å². The number of nitrogens with zero attached hydrogens (tertiary/aromatic N) is 2. The molecule has 3 rings (SSSR count). The first kappa shape index (κ1) is 22.9. The van der Waals surface area contributed by atoms with Crippen molar-refractivity contribution in [2.24, 2.45) is 11.8 Å². The number of hydrogen-bond acceptors (Lipinski definition) is 3. The number of halogens is 5. The maximum atomic E-state index is 12.8. The second-order valence-corrected chi connectivity index (χ2v) is 6.57. The van der Waals surface area contributed by atoms with Crippen molar-refractivity contribution in [2.45, 2.75) is 13.1 Å². The third kappa shape index (κ3) is 4.96. The lowest BCUT2D eigenvalue weighted by atomic mass is 9.88.